The van der Waals surface area contributed by atoms with Crippen LogP contribution >= 0.6 is 0 Å². The molecule has 6 fully saturated rings. The zero-order chi connectivity index (χ0) is 25.6. The van der Waals surface area contributed by atoms with E-state index in [1.54, 1.807) is 9.80 Å². The van der Waals surface area contributed by atoms with Gasteiger partial charge in [0.1, 0.15) is 11.2 Å². The second-order valence-corrected chi connectivity index (χ2v) is 11.5. The molecule has 10 heteroatoms. The Bertz CT molecular complexity index is 762. The summed E-state index contributed by atoms with van der Waals surface area (Å²) in [5.74, 6) is -0.213. The lowest BCUT2D eigenvalue weighted by Crippen LogP contribution is -2.46. The highest BCUT2D eigenvalue weighted by molar-refractivity contribution is 5.79. The van der Waals surface area contributed by atoms with Crippen molar-refractivity contribution in [2.45, 2.75) is 77.7 Å². The van der Waals surface area contributed by atoms with Crippen molar-refractivity contribution in [2.24, 2.45) is 23.7 Å². The average Bonchev–Trinajstić information content (AvgIpc) is 3.43. The number of ether oxygens (including phenoxy) is 4. The average molecular weight is 483 g/mol. The summed E-state index contributed by atoms with van der Waals surface area (Å²) < 4.78 is 20.1. The molecule has 0 aromatic carbocycles. The summed E-state index contributed by atoms with van der Waals surface area (Å²) >= 11 is 0. The molecule has 0 spiro atoms. The maximum Gasteiger partial charge on any atom is 0.410 e. The molecular formula is C24H38N2O8. The maximum absolute atomic E-state index is 11.9. The topological polar surface area (TPSA) is 112 Å². The molecule has 34 heavy (non-hydrogen) atoms. The Labute approximate surface area is 201 Å². The Balaban J connectivity index is 0.000000191. The van der Waals surface area contributed by atoms with Gasteiger partial charge in [-0.2, -0.15) is 0 Å². The Morgan fingerprint density at radius 2 is 0.971 bits per heavy atom. The van der Waals surface area contributed by atoms with Crippen LogP contribution in [0.4, 0.5) is 9.59 Å². The Kier molecular flexibility index (Phi) is 7.11. The van der Waals surface area contributed by atoms with Crippen molar-refractivity contribution in [3.63, 3.8) is 0 Å². The third kappa shape index (κ3) is 5.25. The van der Waals surface area contributed by atoms with Crippen LogP contribution in [0, 0.1) is 23.7 Å². The minimum Gasteiger partial charge on any atom is -0.469 e. The second-order valence-electron chi connectivity index (χ2n) is 11.5. The quantitative estimate of drug-likeness (QED) is 0.436. The van der Waals surface area contributed by atoms with Crippen LogP contribution in [0.25, 0.3) is 0 Å². The molecule has 0 radical (unpaired) electrons. The molecular weight excluding hydrogens is 444 g/mol. The highest BCUT2D eigenvalue weighted by Crippen LogP contribution is 2.48. The third-order valence-electron chi connectivity index (χ3n) is 6.80. The van der Waals surface area contributed by atoms with Crippen LogP contribution in [0.3, 0.4) is 0 Å². The van der Waals surface area contributed by atoms with Gasteiger partial charge >= 0.3 is 24.1 Å². The number of fused-ring (bicyclic) bond motifs is 2. The first-order valence-corrected chi connectivity index (χ1v) is 11.8. The zero-order valence-corrected chi connectivity index (χ0v) is 21.5. The van der Waals surface area contributed by atoms with Gasteiger partial charge in [-0.1, -0.05) is 0 Å². The first-order valence-electron chi connectivity index (χ1n) is 11.8. The molecule has 0 aromatic rings. The van der Waals surface area contributed by atoms with Gasteiger partial charge in [0.15, 0.2) is 0 Å². The summed E-state index contributed by atoms with van der Waals surface area (Å²) in [4.78, 5) is 50.2. The molecule has 4 bridgehead atoms. The van der Waals surface area contributed by atoms with E-state index in [-0.39, 0.29) is 59.9 Å². The molecule has 2 saturated carbocycles. The van der Waals surface area contributed by atoms with Gasteiger partial charge < -0.3 is 28.7 Å². The Hall–Kier alpha value is -2.52. The molecule has 0 aromatic heterocycles. The van der Waals surface area contributed by atoms with Crippen LogP contribution in [-0.4, -0.2) is 84.5 Å². The van der Waals surface area contributed by atoms with Crippen molar-refractivity contribution in [1.82, 2.24) is 9.80 Å². The monoisotopic (exact) mass is 482 g/mol. The van der Waals surface area contributed by atoms with E-state index < -0.39 is 11.2 Å². The number of esters is 2. The lowest BCUT2D eigenvalue weighted by molar-refractivity contribution is -0.152. The molecule has 2 amide bonds. The first kappa shape index (κ1) is 26.1. The number of carbonyl (C=O) groups excluding carboxylic acids is 4. The predicted molar refractivity (Wildman–Crippen MR) is 121 cm³/mol. The highest BCUT2D eigenvalue weighted by Gasteiger charge is 2.59. The number of rotatable bonds is 2. The second kappa shape index (κ2) is 9.26. The molecule has 192 valence electrons. The zero-order valence-electron chi connectivity index (χ0n) is 21.5. The molecule has 10 nitrogen and oxygen atoms in total. The van der Waals surface area contributed by atoms with Crippen molar-refractivity contribution in [2.75, 3.05) is 27.3 Å². The molecule has 2 aliphatic carbocycles. The fourth-order valence-electron chi connectivity index (χ4n) is 5.27. The summed E-state index contributed by atoms with van der Waals surface area (Å²) in [6.45, 7) is 12.2. The molecule has 4 saturated heterocycles. The van der Waals surface area contributed by atoms with Gasteiger partial charge in [-0.15, -0.1) is 0 Å². The SMILES string of the molecule is COC(=O)[C@@H]1[C@@H]2C[C@H]1N(C(=O)OC(C)(C)C)C2.COC(=O)[C@H]1[C@H]2C[C@@H]1N(C(=O)OC(C)(C)C)C2. The fourth-order valence-corrected chi connectivity index (χ4v) is 5.27. The van der Waals surface area contributed by atoms with E-state index in [0.29, 0.717) is 13.1 Å². The van der Waals surface area contributed by atoms with E-state index in [1.807, 2.05) is 41.5 Å². The van der Waals surface area contributed by atoms with Gasteiger partial charge in [-0.3, -0.25) is 9.59 Å². The van der Waals surface area contributed by atoms with Crippen LogP contribution in [0.2, 0.25) is 0 Å². The largest absolute Gasteiger partial charge is 0.469 e. The van der Waals surface area contributed by atoms with Crippen molar-refractivity contribution < 1.29 is 38.1 Å². The van der Waals surface area contributed by atoms with E-state index in [4.69, 9.17) is 18.9 Å². The van der Waals surface area contributed by atoms with E-state index in [2.05, 4.69) is 0 Å². The van der Waals surface area contributed by atoms with Crippen LogP contribution < -0.4 is 0 Å². The third-order valence-corrected chi connectivity index (χ3v) is 6.80. The standard InChI is InChI=1S/2C12H19NO4/c2*1-12(2,3)17-11(15)13-6-7-5-8(13)9(7)10(14)16-4/h2*7-9H,5-6H2,1-4H3/t2*7-,8-,9-/m10/s1. The van der Waals surface area contributed by atoms with Gasteiger partial charge in [0.2, 0.25) is 0 Å². The summed E-state index contributed by atoms with van der Waals surface area (Å²) in [5.41, 5.74) is -0.990. The van der Waals surface area contributed by atoms with Crippen LogP contribution in [-0.2, 0) is 28.5 Å². The van der Waals surface area contributed by atoms with Crippen molar-refractivity contribution in [3.05, 3.63) is 0 Å². The minimum atomic E-state index is -0.495. The summed E-state index contributed by atoms with van der Waals surface area (Å²) in [6.07, 6.45) is 1.13. The molecule has 0 unspecified atom stereocenters. The van der Waals surface area contributed by atoms with Gasteiger partial charge in [-0.05, 0) is 66.2 Å². The minimum absolute atomic E-state index is 0.0256. The normalized spacial score (nSPS) is 30.8. The lowest BCUT2D eigenvalue weighted by atomic mass is 9.74. The molecule has 6 aliphatic rings. The van der Waals surface area contributed by atoms with E-state index in [9.17, 15) is 19.2 Å². The van der Waals surface area contributed by atoms with Crippen LogP contribution in [0.15, 0.2) is 0 Å². The number of hydrogen-bond donors (Lipinski definition) is 0. The summed E-state index contributed by atoms with van der Waals surface area (Å²) in [5, 5.41) is 0. The molecule has 6 rings (SSSR count). The van der Waals surface area contributed by atoms with Gasteiger partial charge in [0, 0.05) is 25.2 Å². The van der Waals surface area contributed by atoms with E-state index in [1.165, 1.54) is 14.2 Å². The van der Waals surface area contributed by atoms with Gasteiger partial charge in [0.05, 0.1) is 26.1 Å². The Morgan fingerprint density at radius 1 is 0.647 bits per heavy atom. The van der Waals surface area contributed by atoms with Crippen molar-refractivity contribution >= 4 is 24.1 Å². The summed E-state index contributed by atoms with van der Waals surface area (Å²) in [7, 11) is 2.77. The number of carbonyl (C=O) groups is 4. The molecule has 0 N–H and O–H groups in total. The maximum atomic E-state index is 11.9. The number of amides is 2. The molecule has 4 heterocycles. The van der Waals surface area contributed by atoms with Crippen molar-refractivity contribution in [3.8, 4) is 0 Å². The number of methoxy groups -OCH3 is 2. The van der Waals surface area contributed by atoms with Crippen molar-refractivity contribution in [1.29, 1.82) is 0 Å². The highest BCUT2D eigenvalue weighted by atomic mass is 16.6. The smallest absolute Gasteiger partial charge is 0.410 e. The van der Waals surface area contributed by atoms with Crippen LogP contribution in [0.1, 0.15) is 54.4 Å². The Morgan fingerprint density at radius 3 is 1.24 bits per heavy atom. The van der Waals surface area contributed by atoms with E-state index >= 15 is 0 Å². The molecule has 6 atom stereocenters. The van der Waals surface area contributed by atoms with E-state index in [0.717, 1.165) is 12.8 Å². The number of nitrogens with zero attached hydrogens (tertiary/aromatic N) is 2. The first-order chi connectivity index (χ1) is 15.7. The van der Waals surface area contributed by atoms with Gasteiger partial charge in [0.25, 0.3) is 0 Å². The van der Waals surface area contributed by atoms with Gasteiger partial charge in [-0.25, -0.2) is 9.59 Å². The number of hydrogen-bond acceptors (Lipinski definition) is 8. The predicted octanol–water partition coefficient (Wildman–Crippen LogP) is 2.83. The summed E-state index contributed by atoms with van der Waals surface area (Å²) in [6, 6.07) is -0.0513. The fraction of sp³-hybridized carbons (Fsp3) is 0.833. The lowest BCUT2D eigenvalue weighted by Gasteiger charge is -2.34. The molecule has 4 aliphatic heterocycles. The van der Waals surface area contributed by atoms with Crippen LogP contribution in [0.5, 0.6) is 0 Å².